The lowest BCUT2D eigenvalue weighted by Crippen LogP contribution is -2.52. The fourth-order valence-electron chi connectivity index (χ4n) is 2.80. The van der Waals surface area contributed by atoms with Crippen molar-refractivity contribution in [2.45, 2.75) is 4.90 Å². The first kappa shape index (κ1) is 19.1. The monoisotopic (exact) mass is 407 g/mol. The highest BCUT2D eigenvalue weighted by molar-refractivity contribution is 7.99. The molecule has 1 fully saturated rings. The second kappa shape index (κ2) is 9.35. The number of piperazine rings is 1. The highest BCUT2D eigenvalue weighted by Gasteiger charge is 2.18. The first-order valence-electron chi connectivity index (χ1n) is 8.57. The molecule has 1 heterocycles. The van der Waals surface area contributed by atoms with Gasteiger partial charge in [0.2, 0.25) is 0 Å². The van der Waals surface area contributed by atoms with Gasteiger partial charge in [0.05, 0.1) is 0 Å². The van der Waals surface area contributed by atoms with Crippen molar-refractivity contribution in [1.82, 2.24) is 10.2 Å². The predicted octanol–water partition coefficient (Wildman–Crippen LogP) is 3.83. The lowest BCUT2D eigenvalue weighted by atomic mass is 10.2. The van der Waals surface area contributed by atoms with Crippen molar-refractivity contribution in [2.75, 3.05) is 43.4 Å². The van der Waals surface area contributed by atoms with Gasteiger partial charge in [-0.3, -0.25) is 0 Å². The van der Waals surface area contributed by atoms with E-state index in [9.17, 15) is 5.11 Å². The molecular weight excluding hydrogens is 386 g/mol. The van der Waals surface area contributed by atoms with Crippen molar-refractivity contribution in [3.63, 3.8) is 0 Å². The summed E-state index contributed by atoms with van der Waals surface area (Å²) in [6.45, 7) is 4.48. The second-order valence-electron chi connectivity index (χ2n) is 6.02. The minimum absolute atomic E-state index is 0.300. The van der Waals surface area contributed by atoms with Gasteiger partial charge in [0.25, 0.3) is 0 Å². The summed E-state index contributed by atoms with van der Waals surface area (Å²) in [5.74, 6) is 1.25. The Morgan fingerprint density at radius 1 is 1.04 bits per heavy atom. The number of nitrogens with zero attached hydrogens (tertiary/aromatic N) is 2. The lowest BCUT2D eigenvalue weighted by Gasteiger charge is -2.37. The van der Waals surface area contributed by atoms with Crippen LogP contribution in [0.2, 0.25) is 5.02 Å². The zero-order valence-electron chi connectivity index (χ0n) is 14.4. The van der Waals surface area contributed by atoms with Crippen LogP contribution in [-0.4, -0.2) is 53.6 Å². The molecule has 4 nitrogen and oxygen atoms in total. The van der Waals surface area contributed by atoms with Crippen LogP contribution in [-0.2, 0) is 0 Å². The third-order valence-electron chi connectivity index (χ3n) is 4.24. The Morgan fingerprint density at radius 2 is 1.69 bits per heavy atom. The standard InChI is InChI=1S/C19H22ClN3OS2/c20-15-1-7-18(8-2-15)26-14-9-21-19(25)23-12-10-22(11-13-23)16-3-5-17(24)6-4-16/h1-8,24H,9-14H2,(H,21,25). The van der Waals surface area contributed by atoms with Crippen molar-refractivity contribution in [3.8, 4) is 5.75 Å². The molecule has 0 aromatic heterocycles. The van der Waals surface area contributed by atoms with Crippen molar-refractivity contribution < 1.29 is 5.11 Å². The fraction of sp³-hybridized carbons (Fsp3) is 0.316. The number of thioether (sulfide) groups is 1. The van der Waals surface area contributed by atoms with Gasteiger partial charge in [-0.1, -0.05) is 11.6 Å². The molecule has 0 bridgehead atoms. The highest BCUT2D eigenvalue weighted by atomic mass is 35.5. The molecule has 138 valence electrons. The molecule has 0 saturated carbocycles. The first-order chi connectivity index (χ1) is 12.6. The van der Waals surface area contributed by atoms with Gasteiger partial charge in [-0.25, -0.2) is 0 Å². The Balaban J connectivity index is 1.37. The highest BCUT2D eigenvalue weighted by Crippen LogP contribution is 2.21. The summed E-state index contributed by atoms with van der Waals surface area (Å²) in [5, 5.41) is 14.3. The van der Waals surface area contributed by atoms with Gasteiger partial charge in [-0.05, 0) is 60.7 Å². The van der Waals surface area contributed by atoms with Gasteiger partial charge in [0, 0.05) is 54.1 Å². The summed E-state index contributed by atoms with van der Waals surface area (Å²) in [5.41, 5.74) is 1.14. The van der Waals surface area contributed by atoms with Crippen LogP contribution in [0, 0.1) is 0 Å². The Kier molecular flexibility index (Phi) is 6.88. The molecule has 0 atom stereocenters. The molecule has 0 unspecified atom stereocenters. The molecular formula is C19H22ClN3OS2. The van der Waals surface area contributed by atoms with Crippen molar-refractivity contribution in [3.05, 3.63) is 53.6 Å². The topological polar surface area (TPSA) is 38.7 Å². The van der Waals surface area contributed by atoms with E-state index in [1.54, 1.807) is 23.9 Å². The molecule has 26 heavy (non-hydrogen) atoms. The Morgan fingerprint density at radius 3 is 2.35 bits per heavy atom. The molecule has 2 aromatic carbocycles. The number of rotatable bonds is 5. The zero-order valence-corrected chi connectivity index (χ0v) is 16.8. The predicted molar refractivity (Wildman–Crippen MR) is 115 cm³/mol. The number of hydrogen-bond acceptors (Lipinski definition) is 4. The van der Waals surface area contributed by atoms with Crippen LogP contribution in [0.4, 0.5) is 5.69 Å². The molecule has 3 rings (SSSR count). The lowest BCUT2D eigenvalue weighted by molar-refractivity contribution is 0.381. The third-order valence-corrected chi connectivity index (χ3v) is 5.91. The van der Waals surface area contributed by atoms with E-state index in [1.807, 2.05) is 36.4 Å². The Hall–Kier alpha value is -1.63. The normalized spacial score (nSPS) is 14.3. The van der Waals surface area contributed by atoms with Gasteiger partial charge in [-0.2, -0.15) is 0 Å². The molecule has 7 heteroatoms. The van der Waals surface area contributed by atoms with Crippen LogP contribution in [0.3, 0.4) is 0 Å². The molecule has 1 aliphatic rings. The van der Waals surface area contributed by atoms with Crippen molar-refractivity contribution >= 4 is 46.4 Å². The average molecular weight is 408 g/mol. The van der Waals surface area contributed by atoms with Crippen LogP contribution >= 0.6 is 35.6 Å². The smallest absolute Gasteiger partial charge is 0.169 e. The summed E-state index contributed by atoms with van der Waals surface area (Å²) in [7, 11) is 0. The number of hydrogen-bond donors (Lipinski definition) is 2. The maximum absolute atomic E-state index is 9.40. The number of thiocarbonyl (C=S) groups is 1. The van der Waals surface area contributed by atoms with Gasteiger partial charge in [0.15, 0.2) is 5.11 Å². The molecule has 0 spiro atoms. The quantitative estimate of drug-likeness (QED) is 0.446. The van der Waals surface area contributed by atoms with E-state index in [0.717, 1.165) is 54.3 Å². The summed E-state index contributed by atoms with van der Waals surface area (Å²) < 4.78 is 0. The average Bonchev–Trinajstić information content (AvgIpc) is 2.67. The van der Waals surface area contributed by atoms with E-state index < -0.39 is 0 Å². The number of halogens is 1. The maximum Gasteiger partial charge on any atom is 0.169 e. The largest absolute Gasteiger partial charge is 0.508 e. The Labute approximate surface area is 169 Å². The molecule has 0 aliphatic carbocycles. The number of phenols is 1. The maximum atomic E-state index is 9.40. The third kappa shape index (κ3) is 5.43. The molecule has 2 N–H and O–H groups in total. The van der Waals surface area contributed by atoms with E-state index in [4.69, 9.17) is 23.8 Å². The number of phenolic OH excluding ortho intramolecular Hbond substituents is 1. The van der Waals surface area contributed by atoms with Gasteiger partial charge in [0.1, 0.15) is 5.75 Å². The summed E-state index contributed by atoms with van der Waals surface area (Å²) in [4.78, 5) is 5.75. The molecule has 0 amide bonds. The van der Waals surface area contributed by atoms with Crippen LogP contribution in [0.25, 0.3) is 0 Å². The SMILES string of the molecule is Oc1ccc(N2CCN(C(=S)NCCSc3ccc(Cl)cc3)CC2)cc1. The van der Waals surface area contributed by atoms with E-state index in [0.29, 0.717) is 5.75 Å². The van der Waals surface area contributed by atoms with E-state index in [2.05, 4.69) is 15.1 Å². The molecule has 2 aromatic rings. The number of aromatic hydroxyl groups is 1. The van der Waals surface area contributed by atoms with E-state index in [-0.39, 0.29) is 0 Å². The number of nitrogens with one attached hydrogen (secondary N) is 1. The van der Waals surface area contributed by atoms with Crippen LogP contribution in [0.15, 0.2) is 53.4 Å². The van der Waals surface area contributed by atoms with E-state index >= 15 is 0 Å². The fourth-order valence-corrected chi connectivity index (χ4v) is 3.98. The van der Waals surface area contributed by atoms with Crippen LogP contribution < -0.4 is 10.2 Å². The first-order valence-corrected chi connectivity index (χ1v) is 10.3. The van der Waals surface area contributed by atoms with E-state index in [1.165, 1.54) is 4.90 Å². The summed E-state index contributed by atoms with van der Waals surface area (Å²) in [6.07, 6.45) is 0. The minimum Gasteiger partial charge on any atom is -0.508 e. The number of anilines is 1. The minimum atomic E-state index is 0.300. The Bertz CT molecular complexity index is 717. The van der Waals surface area contributed by atoms with Gasteiger partial charge >= 0.3 is 0 Å². The van der Waals surface area contributed by atoms with Gasteiger partial charge < -0.3 is 20.2 Å². The van der Waals surface area contributed by atoms with Gasteiger partial charge in [-0.15, -0.1) is 11.8 Å². The van der Waals surface area contributed by atoms with Crippen molar-refractivity contribution in [2.24, 2.45) is 0 Å². The number of benzene rings is 2. The van der Waals surface area contributed by atoms with Crippen LogP contribution in [0.1, 0.15) is 0 Å². The molecule has 1 saturated heterocycles. The zero-order chi connectivity index (χ0) is 18.4. The summed E-state index contributed by atoms with van der Waals surface area (Å²) >= 11 is 13.2. The second-order valence-corrected chi connectivity index (χ2v) is 8.02. The van der Waals surface area contributed by atoms with Crippen molar-refractivity contribution in [1.29, 1.82) is 0 Å². The van der Waals surface area contributed by atoms with Crippen LogP contribution in [0.5, 0.6) is 5.75 Å². The summed E-state index contributed by atoms with van der Waals surface area (Å²) in [6, 6.07) is 15.3. The molecule has 0 radical (unpaired) electrons. The molecule has 1 aliphatic heterocycles.